The van der Waals surface area contributed by atoms with Crippen LogP contribution in [0.5, 0.6) is 0 Å². The van der Waals surface area contributed by atoms with Crippen LogP contribution in [0.2, 0.25) is 0 Å². The van der Waals surface area contributed by atoms with Gasteiger partial charge in [0.1, 0.15) is 0 Å². The van der Waals surface area contributed by atoms with E-state index in [0.29, 0.717) is 0 Å². The smallest absolute Gasteiger partial charge is 0.0767 e. The molecular formula is C17H18N4. The fourth-order valence-electron chi connectivity index (χ4n) is 2.19. The molecule has 106 valence electrons. The van der Waals surface area contributed by atoms with Crippen molar-refractivity contribution in [2.75, 3.05) is 0 Å². The highest BCUT2D eigenvalue weighted by atomic mass is 15.3. The van der Waals surface area contributed by atoms with Crippen molar-refractivity contribution in [1.82, 2.24) is 20.1 Å². The minimum atomic E-state index is 0.251. The van der Waals surface area contributed by atoms with Gasteiger partial charge in [-0.2, -0.15) is 5.10 Å². The molecule has 0 aliphatic rings. The molecule has 0 fully saturated rings. The number of para-hydroxylation sites is 1. The molecule has 2 heterocycles. The van der Waals surface area contributed by atoms with Crippen molar-refractivity contribution in [3.8, 4) is 5.69 Å². The first-order valence-electron chi connectivity index (χ1n) is 7.06. The molecule has 1 atom stereocenters. The van der Waals surface area contributed by atoms with Gasteiger partial charge in [0.2, 0.25) is 0 Å². The fourth-order valence-corrected chi connectivity index (χ4v) is 2.19. The first-order valence-corrected chi connectivity index (χ1v) is 7.06. The van der Waals surface area contributed by atoms with E-state index >= 15 is 0 Å². The number of rotatable bonds is 5. The van der Waals surface area contributed by atoms with Crippen molar-refractivity contribution in [2.45, 2.75) is 19.5 Å². The predicted molar refractivity (Wildman–Crippen MR) is 83.1 cm³/mol. The van der Waals surface area contributed by atoms with E-state index in [-0.39, 0.29) is 6.04 Å². The van der Waals surface area contributed by atoms with Crippen LogP contribution < -0.4 is 5.32 Å². The number of nitrogens with one attached hydrogen (secondary N) is 1. The standard InChI is InChI=1S/C17H18N4/c1-14(15-6-5-10-18-12-15)19-13-16-9-11-21(20-16)17-7-3-2-4-8-17/h2-12,14,19H,13H2,1H3/t14-/m1/s1. The summed E-state index contributed by atoms with van der Waals surface area (Å²) in [5.41, 5.74) is 3.28. The lowest BCUT2D eigenvalue weighted by Gasteiger charge is -2.12. The first kappa shape index (κ1) is 13.5. The molecule has 0 saturated heterocycles. The Kier molecular flexibility index (Phi) is 4.07. The van der Waals surface area contributed by atoms with E-state index in [4.69, 9.17) is 0 Å². The Balaban J connectivity index is 1.63. The van der Waals surface area contributed by atoms with E-state index in [9.17, 15) is 0 Å². The highest BCUT2D eigenvalue weighted by Gasteiger charge is 2.06. The average Bonchev–Trinajstić information content (AvgIpc) is 3.03. The molecule has 4 nitrogen and oxygen atoms in total. The van der Waals surface area contributed by atoms with Gasteiger partial charge in [-0.3, -0.25) is 4.98 Å². The molecule has 0 radical (unpaired) electrons. The Morgan fingerprint density at radius 1 is 1.10 bits per heavy atom. The van der Waals surface area contributed by atoms with Crippen molar-refractivity contribution in [3.05, 3.63) is 78.4 Å². The fraction of sp³-hybridized carbons (Fsp3) is 0.176. The summed E-state index contributed by atoms with van der Waals surface area (Å²) >= 11 is 0. The van der Waals surface area contributed by atoms with Gasteiger partial charge in [0, 0.05) is 31.2 Å². The minimum absolute atomic E-state index is 0.251. The number of nitrogens with zero attached hydrogens (tertiary/aromatic N) is 3. The molecule has 1 N–H and O–H groups in total. The molecule has 0 aliphatic carbocycles. The van der Waals surface area contributed by atoms with Gasteiger partial charge in [-0.25, -0.2) is 4.68 Å². The topological polar surface area (TPSA) is 42.7 Å². The first-order chi connectivity index (χ1) is 10.3. The highest BCUT2D eigenvalue weighted by molar-refractivity contribution is 5.30. The second-order valence-electron chi connectivity index (χ2n) is 4.98. The van der Waals surface area contributed by atoms with Gasteiger partial charge in [0.05, 0.1) is 11.4 Å². The Hall–Kier alpha value is -2.46. The van der Waals surface area contributed by atoms with E-state index in [0.717, 1.165) is 17.9 Å². The lowest BCUT2D eigenvalue weighted by molar-refractivity contribution is 0.563. The summed E-state index contributed by atoms with van der Waals surface area (Å²) in [4.78, 5) is 4.14. The lowest BCUT2D eigenvalue weighted by atomic mass is 10.1. The van der Waals surface area contributed by atoms with Gasteiger partial charge in [-0.05, 0) is 36.8 Å². The molecule has 0 amide bonds. The Morgan fingerprint density at radius 2 is 1.95 bits per heavy atom. The molecular weight excluding hydrogens is 260 g/mol. The zero-order chi connectivity index (χ0) is 14.5. The van der Waals surface area contributed by atoms with E-state index in [2.05, 4.69) is 28.4 Å². The molecule has 0 saturated carbocycles. The summed E-state index contributed by atoms with van der Waals surface area (Å²) in [5.74, 6) is 0. The monoisotopic (exact) mass is 278 g/mol. The SMILES string of the molecule is C[C@@H](NCc1ccn(-c2ccccc2)n1)c1cccnc1. The van der Waals surface area contributed by atoms with E-state index in [1.54, 1.807) is 6.20 Å². The Labute approximate surface area is 124 Å². The van der Waals surface area contributed by atoms with Gasteiger partial charge in [0.25, 0.3) is 0 Å². The molecule has 0 unspecified atom stereocenters. The Bertz CT molecular complexity index is 676. The van der Waals surface area contributed by atoms with Crippen LogP contribution in [0.1, 0.15) is 24.2 Å². The van der Waals surface area contributed by atoms with Crippen molar-refractivity contribution in [2.24, 2.45) is 0 Å². The molecule has 3 rings (SSSR count). The van der Waals surface area contributed by atoms with Crippen LogP contribution in [0.3, 0.4) is 0 Å². The maximum atomic E-state index is 4.58. The molecule has 3 aromatic rings. The van der Waals surface area contributed by atoms with Gasteiger partial charge in [-0.1, -0.05) is 24.3 Å². The molecule has 0 spiro atoms. The third kappa shape index (κ3) is 3.35. The van der Waals surface area contributed by atoms with Crippen molar-refractivity contribution < 1.29 is 0 Å². The van der Waals surface area contributed by atoms with Crippen LogP contribution >= 0.6 is 0 Å². The second-order valence-corrected chi connectivity index (χ2v) is 4.98. The molecule has 1 aromatic carbocycles. The van der Waals surface area contributed by atoms with Crippen LogP contribution in [-0.4, -0.2) is 14.8 Å². The average molecular weight is 278 g/mol. The van der Waals surface area contributed by atoms with Crippen LogP contribution in [0.15, 0.2) is 67.1 Å². The minimum Gasteiger partial charge on any atom is -0.304 e. The van der Waals surface area contributed by atoms with Crippen LogP contribution in [-0.2, 0) is 6.54 Å². The van der Waals surface area contributed by atoms with E-state index in [1.165, 1.54) is 5.56 Å². The molecule has 2 aromatic heterocycles. The van der Waals surface area contributed by atoms with Crippen LogP contribution in [0.25, 0.3) is 5.69 Å². The number of benzene rings is 1. The summed E-state index contributed by atoms with van der Waals surface area (Å²) < 4.78 is 1.89. The summed E-state index contributed by atoms with van der Waals surface area (Å²) in [6.45, 7) is 2.86. The lowest BCUT2D eigenvalue weighted by Crippen LogP contribution is -2.18. The van der Waals surface area contributed by atoms with Gasteiger partial charge < -0.3 is 5.32 Å². The predicted octanol–water partition coefficient (Wildman–Crippen LogP) is 3.12. The number of aromatic nitrogens is 3. The molecule has 4 heteroatoms. The molecule has 0 bridgehead atoms. The summed E-state index contributed by atoms with van der Waals surface area (Å²) in [7, 11) is 0. The van der Waals surface area contributed by atoms with Crippen molar-refractivity contribution in [1.29, 1.82) is 0 Å². The largest absolute Gasteiger partial charge is 0.304 e. The molecule has 21 heavy (non-hydrogen) atoms. The summed E-state index contributed by atoms with van der Waals surface area (Å²) in [5, 5.41) is 8.05. The number of hydrogen-bond acceptors (Lipinski definition) is 3. The third-order valence-electron chi connectivity index (χ3n) is 3.44. The van der Waals surface area contributed by atoms with E-state index in [1.807, 2.05) is 59.5 Å². The van der Waals surface area contributed by atoms with Crippen molar-refractivity contribution in [3.63, 3.8) is 0 Å². The van der Waals surface area contributed by atoms with Crippen molar-refractivity contribution >= 4 is 0 Å². The maximum absolute atomic E-state index is 4.58. The maximum Gasteiger partial charge on any atom is 0.0767 e. The van der Waals surface area contributed by atoms with Gasteiger partial charge in [0.15, 0.2) is 0 Å². The normalized spacial score (nSPS) is 12.2. The third-order valence-corrected chi connectivity index (χ3v) is 3.44. The van der Waals surface area contributed by atoms with Crippen LogP contribution in [0, 0.1) is 0 Å². The second kappa shape index (κ2) is 6.33. The van der Waals surface area contributed by atoms with Crippen LogP contribution in [0.4, 0.5) is 0 Å². The quantitative estimate of drug-likeness (QED) is 0.779. The van der Waals surface area contributed by atoms with E-state index < -0.39 is 0 Å². The number of hydrogen-bond donors (Lipinski definition) is 1. The Morgan fingerprint density at radius 3 is 2.71 bits per heavy atom. The zero-order valence-corrected chi connectivity index (χ0v) is 12.0. The number of pyridine rings is 1. The van der Waals surface area contributed by atoms with Gasteiger partial charge >= 0.3 is 0 Å². The molecule has 0 aliphatic heterocycles. The zero-order valence-electron chi connectivity index (χ0n) is 12.0. The summed E-state index contributed by atoms with van der Waals surface area (Å²) in [6.07, 6.45) is 5.67. The van der Waals surface area contributed by atoms with Gasteiger partial charge in [-0.15, -0.1) is 0 Å². The summed E-state index contributed by atoms with van der Waals surface area (Å²) in [6, 6.07) is 16.4. The highest BCUT2D eigenvalue weighted by Crippen LogP contribution is 2.11.